The number of amides is 1. The summed E-state index contributed by atoms with van der Waals surface area (Å²) in [5.41, 5.74) is 0.0713. The molecule has 11 heteroatoms. The number of ether oxygens (including phenoxy) is 2. The average molecular weight is 500 g/mol. The highest BCUT2D eigenvalue weighted by atomic mass is 35.5. The van der Waals surface area contributed by atoms with Gasteiger partial charge in [0.25, 0.3) is 5.56 Å². The number of aromatic nitrogens is 1. The van der Waals surface area contributed by atoms with E-state index in [1.165, 1.54) is 0 Å². The number of halogens is 1. The number of hydrogen-bond acceptors (Lipinski definition) is 8. The van der Waals surface area contributed by atoms with E-state index < -0.39 is 29.9 Å². The predicted octanol–water partition coefficient (Wildman–Crippen LogP) is 3.70. The van der Waals surface area contributed by atoms with Gasteiger partial charge in [0.15, 0.2) is 0 Å². The molecule has 0 bridgehead atoms. The molecule has 2 aromatic heterocycles. The molecule has 1 amide bonds. The fourth-order valence-corrected chi connectivity index (χ4v) is 4.32. The number of pyridine rings is 1. The third kappa shape index (κ3) is 5.17. The van der Waals surface area contributed by atoms with Crippen molar-refractivity contribution in [3.05, 3.63) is 74.0 Å². The second kappa shape index (κ2) is 10.8. The molecule has 174 valence electrons. The van der Waals surface area contributed by atoms with Gasteiger partial charge >= 0.3 is 11.9 Å². The molecule has 3 rings (SSSR count). The van der Waals surface area contributed by atoms with Crippen molar-refractivity contribution in [1.82, 2.24) is 4.57 Å². The van der Waals surface area contributed by atoms with Crippen molar-refractivity contribution < 1.29 is 23.9 Å². The minimum Gasteiger partial charge on any atom is -0.465 e. The van der Waals surface area contributed by atoms with Crippen LogP contribution in [0, 0.1) is 11.3 Å². The zero-order valence-electron chi connectivity index (χ0n) is 18.1. The lowest BCUT2D eigenvalue weighted by molar-refractivity contribution is -0.116. The van der Waals surface area contributed by atoms with Crippen molar-refractivity contribution in [2.45, 2.75) is 13.5 Å². The topological polar surface area (TPSA) is 127 Å². The van der Waals surface area contributed by atoms with Crippen LogP contribution in [0.2, 0.25) is 5.02 Å². The van der Waals surface area contributed by atoms with Gasteiger partial charge in [0.1, 0.15) is 28.7 Å². The summed E-state index contributed by atoms with van der Waals surface area (Å²) in [6.45, 7) is 1.27. The summed E-state index contributed by atoms with van der Waals surface area (Å²) in [4.78, 5) is 49.8. The van der Waals surface area contributed by atoms with E-state index in [4.69, 9.17) is 16.3 Å². The number of nitrogens with one attached hydrogen (secondary N) is 1. The van der Waals surface area contributed by atoms with Crippen LogP contribution in [0.1, 0.15) is 33.2 Å². The number of nitrogens with zero attached hydrogens (tertiary/aromatic N) is 2. The SMILES string of the molecule is CCOC(=O)c1c(-c2ccccc2Cl)csc1NC(=O)Cn1cc(C(=O)OC)cc(C#N)c1=O. The predicted molar refractivity (Wildman–Crippen MR) is 126 cm³/mol. The summed E-state index contributed by atoms with van der Waals surface area (Å²) in [6, 6.07) is 9.72. The van der Waals surface area contributed by atoms with Gasteiger partial charge < -0.3 is 19.4 Å². The maximum atomic E-state index is 12.8. The van der Waals surface area contributed by atoms with Crippen LogP contribution in [0.5, 0.6) is 0 Å². The largest absolute Gasteiger partial charge is 0.465 e. The number of anilines is 1. The van der Waals surface area contributed by atoms with Crippen molar-refractivity contribution in [3.8, 4) is 17.2 Å². The molecule has 0 atom stereocenters. The summed E-state index contributed by atoms with van der Waals surface area (Å²) in [7, 11) is 1.15. The lowest BCUT2D eigenvalue weighted by Gasteiger charge is -2.11. The summed E-state index contributed by atoms with van der Waals surface area (Å²) in [5.74, 6) is -2.07. The first-order chi connectivity index (χ1) is 16.3. The van der Waals surface area contributed by atoms with E-state index in [1.54, 1.807) is 42.6 Å². The van der Waals surface area contributed by atoms with Gasteiger partial charge in [0.05, 0.1) is 19.3 Å². The van der Waals surface area contributed by atoms with Crippen LogP contribution in [-0.2, 0) is 20.8 Å². The highest BCUT2D eigenvalue weighted by Gasteiger charge is 2.24. The molecule has 1 aromatic carbocycles. The smallest absolute Gasteiger partial charge is 0.341 e. The van der Waals surface area contributed by atoms with Crippen LogP contribution in [0.15, 0.2) is 46.7 Å². The van der Waals surface area contributed by atoms with Gasteiger partial charge in [-0.1, -0.05) is 29.8 Å². The van der Waals surface area contributed by atoms with Crippen molar-refractivity contribution in [3.63, 3.8) is 0 Å². The molecule has 0 saturated carbocycles. The second-order valence-electron chi connectivity index (χ2n) is 6.78. The number of nitriles is 1. The summed E-state index contributed by atoms with van der Waals surface area (Å²) < 4.78 is 10.7. The third-order valence-electron chi connectivity index (χ3n) is 4.63. The molecule has 1 N–H and O–H groups in total. The Morgan fingerprint density at radius 1 is 1.21 bits per heavy atom. The average Bonchev–Trinajstić information content (AvgIpc) is 3.23. The van der Waals surface area contributed by atoms with Crippen LogP contribution >= 0.6 is 22.9 Å². The Bertz CT molecular complexity index is 1370. The summed E-state index contributed by atoms with van der Waals surface area (Å²) >= 11 is 7.39. The lowest BCUT2D eigenvalue weighted by Crippen LogP contribution is -2.30. The minimum absolute atomic E-state index is 0.0595. The highest BCUT2D eigenvalue weighted by Crippen LogP contribution is 2.39. The number of hydrogen-bond donors (Lipinski definition) is 1. The van der Waals surface area contributed by atoms with E-state index in [9.17, 15) is 24.4 Å². The number of rotatable bonds is 7. The van der Waals surface area contributed by atoms with Crippen molar-refractivity contribution >= 4 is 45.8 Å². The van der Waals surface area contributed by atoms with E-state index in [-0.39, 0.29) is 28.3 Å². The number of carbonyl (C=O) groups excluding carboxylic acids is 3. The van der Waals surface area contributed by atoms with Crippen LogP contribution < -0.4 is 10.9 Å². The molecule has 0 aliphatic rings. The molecule has 0 aliphatic carbocycles. The molecule has 0 unspecified atom stereocenters. The molecule has 0 spiro atoms. The Labute approximate surface area is 203 Å². The molecule has 0 saturated heterocycles. The molecule has 2 heterocycles. The summed E-state index contributed by atoms with van der Waals surface area (Å²) in [6.07, 6.45) is 1.13. The van der Waals surface area contributed by atoms with Crippen molar-refractivity contribution in [2.24, 2.45) is 0 Å². The molecule has 0 radical (unpaired) electrons. The van der Waals surface area contributed by atoms with Gasteiger partial charge in [-0.05, 0) is 19.1 Å². The Balaban J connectivity index is 1.96. The first-order valence-corrected chi connectivity index (χ1v) is 11.1. The summed E-state index contributed by atoms with van der Waals surface area (Å²) in [5, 5.41) is 14.1. The van der Waals surface area contributed by atoms with Crippen LogP contribution in [0.4, 0.5) is 5.00 Å². The van der Waals surface area contributed by atoms with E-state index in [1.807, 2.05) is 0 Å². The second-order valence-corrected chi connectivity index (χ2v) is 8.07. The molecule has 0 aliphatic heterocycles. The Kier molecular flexibility index (Phi) is 7.83. The maximum Gasteiger partial charge on any atom is 0.341 e. The fraction of sp³-hybridized carbons (Fsp3) is 0.174. The Morgan fingerprint density at radius 2 is 1.94 bits per heavy atom. The third-order valence-corrected chi connectivity index (χ3v) is 5.85. The van der Waals surface area contributed by atoms with Gasteiger partial charge in [0.2, 0.25) is 5.91 Å². The van der Waals surface area contributed by atoms with E-state index in [0.29, 0.717) is 16.1 Å². The highest BCUT2D eigenvalue weighted by molar-refractivity contribution is 7.15. The molecule has 9 nitrogen and oxygen atoms in total. The monoisotopic (exact) mass is 499 g/mol. The molecular formula is C23H18ClN3O6S. The van der Waals surface area contributed by atoms with Gasteiger partial charge in [-0.2, -0.15) is 5.26 Å². The Morgan fingerprint density at radius 3 is 2.59 bits per heavy atom. The van der Waals surface area contributed by atoms with E-state index in [0.717, 1.165) is 35.3 Å². The zero-order chi connectivity index (χ0) is 24.8. The minimum atomic E-state index is -0.766. The Hall–Kier alpha value is -3.94. The van der Waals surface area contributed by atoms with Crippen LogP contribution in [-0.4, -0.2) is 36.1 Å². The standard InChI is InChI=1S/C23H18ClN3O6S/c1-3-33-23(31)19-16(15-6-4-5-7-17(15)24)12-34-20(19)26-18(28)11-27-10-14(22(30)32-2)8-13(9-25)21(27)29/h4-8,10,12H,3,11H2,1-2H3,(H,26,28). The van der Waals surface area contributed by atoms with E-state index in [2.05, 4.69) is 10.1 Å². The van der Waals surface area contributed by atoms with Crippen molar-refractivity contribution in [1.29, 1.82) is 5.26 Å². The fourth-order valence-electron chi connectivity index (χ4n) is 3.12. The number of carbonyl (C=O) groups is 3. The first kappa shape index (κ1) is 24.7. The van der Waals surface area contributed by atoms with Crippen molar-refractivity contribution in [2.75, 3.05) is 19.0 Å². The molecule has 34 heavy (non-hydrogen) atoms. The van der Waals surface area contributed by atoms with Gasteiger partial charge in [0, 0.05) is 27.7 Å². The molecule has 3 aromatic rings. The van der Waals surface area contributed by atoms with Gasteiger partial charge in [-0.25, -0.2) is 9.59 Å². The quantitative estimate of drug-likeness (QED) is 0.491. The van der Waals surface area contributed by atoms with Crippen LogP contribution in [0.25, 0.3) is 11.1 Å². The number of thiophene rings is 1. The van der Waals surface area contributed by atoms with Gasteiger partial charge in [-0.15, -0.1) is 11.3 Å². The first-order valence-electron chi connectivity index (χ1n) is 9.86. The lowest BCUT2D eigenvalue weighted by atomic mass is 10.0. The maximum absolute atomic E-state index is 12.8. The van der Waals surface area contributed by atoms with Gasteiger partial charge in [-0.3, -0.25) is 9.59 Å². The molecule has 0 fully saturated rings. The number of methoxy groups -OCH3 is 1. The van der Waals surface area contributed by atoms with Crippen LogP contribution in [0.3, 0.4) is 0 Å². The zero-order valence-corrected chi connectivity index (χ0v) is 19.7. The number of esters is 2. The normalized spacial score (nSPS) is 10.3. The van der Waals surface area contributed by atoms with E-state index >= 15 is 0 Å². The number of benzene rings is 1. The molecular weight excluding hydrogens is 482 g/mol.